The van der Waals surface area contributed by atoms with Crippen LogP contribution in [0.3, 0.4) is 0 Å². The highest BCUT2D eigenvalue weighted by Gasteiger charge is 2.15. The number of rotatable bonds is 10. The number of carbonyl (C=O) groups is 1. The number of hydrogen-bond donors (Lipinski definition) is 3. The lowest BCUT2D eigenvalue weighted by atomic mass is 10.1. The zero-order valence-electron chi connectivity index (χ0n) is 17.9. The van der Waals surface area contributed by atoms with Crippen LogP contribution in [0.4, 0.5) is 4.79 Å². The highest BCUT2D eigenvalue weighted by Crippen LogP contribution is 2.11. The third kappa shape index (κ3) is 10.8. The molecule has 1 amide bonds. The summed E-state index contributed by atoms with van der Waals surface area (Å²) in [4.78, 5) is 16.3. The maximum atomic E-state index is 11.7. The van der Waals surface area contributed by atoms with Crippen LogP contribution in [0, 0.1) is 0 Å². The van der Waals surface area contributed by atoms with Gasteiger partial charge in [-0.1, -0.05) is 31.2 Å². The van der Waals surface area contributed by atoms with E-state index in [0.717, 1.165) is 30.7 Å². The van der Waals surface area contributed by atoms with Crippen LogP contribution in [0.5, 0.6) is 0 Å². The van der Waals surface area contributed by atoms with Gasteiger partial charge in [0.2, 0.25) is 0 Å². The summed E-state index contributed by atoms with van der Waals surface area (Å²) in [5.41, 5.74) is 1.80. The predicted octanol–water partition coefficient (Wildman–Crippen LogP) is 3.19. The Bertz CT molecular complexity index is 612. The molecule has 28 heavy (non-hydrogen) atoms. The Hall–Kier alpha value is -2.28. The molecule has 0 aliphatic rings. The van der Waals surface area contributed by atoms with Gasteiger partial charge in [-0.25, -0.2) is 9.79 Å². The van der Waals surface area contributed by atoms with Crippen molar-refractivity contribution in [2.75, 3.05) is 26.2 Å². The van der Waals surface area contributed by atoms with E-state index in [-0.39, 0.29) is 0 Å². The van der Waals surface area contributed by atoms with Gasteiger partial charge in [0.05, 0.1) is 13.2 Å². The number of benzene rings is 1. The second kappa shape index (κ2) is 13.0. The second-order valence-corrected chi connectivity index (χ2v) is 7.37. The van der Waals surface area contributed by atoms with Crippen molar-refractivity contribution in [1.82, 2.24) is 16.0 Å². The Morgan fingerprint density at radius 1 is 1.04 bits per heavy atom. The number of hydrogen-bond acceptors (Lipinski definition) is 4. The summed E-state index contributed by atoms with van der Waals surface area (Å²) < 4.78 is 10.9. The lowest BCUT2D eigenvalue weighted by Gasteiger charge is -2.20. The largest absolute Gasteiger partial charge is 0.444 e. The molecule has 7 heteroatoms. The molecule has 0 unspecified atom stereocenters. The smallest absolute Gasteiger partial charge is 0.407 e. The maximum Gasteiger partial charge on any atom is 0.407 e. The summed E-state index contributed by atoms with van der Waals surface area (Å²) in [7, 11) is 0. The fraction of sp³-hybridized carbons (Fsp3) is 0.619. The van der Waals surface area contributed by atoms with Crippen molar-refractivity contribution in [2.45, 2.75) is 59.8 Å². The molecule has 7 nitrogen and oxygen atoms in total. The molecule has 0 spiro atoms. The topological polar surface area (TPSA) is 84.0 Å². The van der Waals surface area contributed by atoms with Crippen molar-refractivity contribution in [1.29, 1.82) is 0 Å². The molecule has 3 N–H and O–H groups in total. The fourth-order valence-electron chi connectivity index (χ4n) is 2.34. The van der Waals surface area contributed by atoms with Crippen LogP contribution in [0.25, 0.3) is 0 Å². The molecule has 0 atom stereocenters. The van der Waals surface area contributed by atoms with Crippen LogP contribution in [-0.2, 0) is 22.6 Å². The molecule has 0 aliphatic carbocycles. The van der Waals surface area contributed by atoms with Crippen molar-refractivity contribution >= 4 is 12.1 Å². The standard InChI is InChI=1S/C21H36N4O3/c1-6-14-27-16-18-11-9-8-10-17(18)15-25-19(22-7-2)23-12-13-24-20(26)28-21(3,4)5/h8-11H,6-7,12-16H2,1-5H3,(H,24,26)(H2,22,23,25). The molecule has 0 saturated carbocycles. The van der Waals surface area contributed by atoms with Crippen LogP contribution in [0.1, 0.15) is 52.2 Å². The molecule has 158 valence electrons. The van der Waals surface area contributed by atoms with E-state index in [9.17, 15) is 4.79 Å². The number of alkyl carbamates (subject to hydrolysis) is 1. The van der Waals surface area contributed by atoms with Gasteiger partial charge in [-0.2, -0.15) is 0 Å². The van der Waals surface area contributed by atoms with Gasteiger partial charge >= 0.3 is 6.09 Å². The summed E-state index contributed by atoms with van der Waals surface area (Å²) in [6.45, 7) is 13.3. The van der Waals surface area contributed by atoms with E-state index in [1.807, 2.05) is 39.8 Å². The van der Waals surface area contributed by atoms with E-state index >= 15 is 0 Å². The maximum absolute atomic E-state index is 11.7. The van der Waals surface area contributed by atoms with Gasteiger partial charge in [-0.3, -0.25) is 0 Å². The first-order chi connectivity index (χ1) is 13.4. The minimum atomic E-state index is -0.498. The SMILES string of the molecule is CCCOCc1ccccc1CN=C(NCC)NCCNC(=O)OC(C)(C)C. The minimum Gasteiger partial charge on any atom is -0.444 e. The molecular weight excluding hydrogens is 356 g/mol. The van der Waals surface area contributed by atoms with E-state index in [0.29, 0.717) is 32.2 Å². The van der Waals surface area contributed by atoms with Gasteiger partial charge in [0.25, 0.3) is 0 Å². The van der Waals surface area contributed by atoms with Crippen LogP contribution >= 0.6 is 0 Å². The van der Waals surface area contributed by atoms with Gasteiger partial charge in [0.1, 0.15) is 5.60 Å². The van der Waals surface area contributed by atoms with Crippen molar-refractivity contribution < 1.29 is 14.3 Å². The number of carbonyl (C=O) groups excluding carboxylic acids is 1. The first-order valence-corrected chi connectivity index (χ1v) is 9.99. The Morgan fingerprint density at radius 2 is 1.71 bits per heavy atom. The van der Waals surface area contributed by atoms with E-state index in [2.05, 4.69) is 40.0 Å². The first-order valence-electron chi connectivity index (χ1n) is 9.99. The predicted molar refractivity (Wildman–Crippen MR) is 113 cm³/mol. The fourth-order valence-corrected chi connectivity index (χ4v) is 2.34. The number of nitrogens with one attached hydrogen (secondary N) is 3. The molecule has 0 saturated heterocycles. The summed E-state index contributed by atoms with van der Waals surface area (Å²) >= 11 is 0. The first kappa shape index (κ1) is 23.8. The van der Waals surface area contributed by atoms with Crippen LogP contribution in [0.15, 0.2) is 29.3 Å². The van der Waals surface area contributed by atoms with E-state index in [4.69, 9.17) is 9.47 Å². The van der Waals surface area contributed by atoms with Crippen LogP contribution < -0.4 is 16.0 Å². The third-order valence-electron chi connectivity index (χ3n) is 3.56. The molecule has 0 radical (unpaired) electrons. The van der Waals surface area contributed by atoms with Crippen LogP contribution in [0.2, 0.25) is 0 Å². The summed E-state index contributed by atoms with van der Waals surface area (Å²) in [5.74, 6) is 0.706. The lowest BCUT2D eigenvalue weighted by molar-refractivity contribution is 0.0529. The minimum absolute atomic E-state index is 0.419. The second-order valence-electron chi connectivity index (χ2n) is 7.37. The molecule has 0 fully saturated rings. The highest BCUT2D eigenvalue weighted by molar-refractivity contribution is 5.79. The third-order valence-corrected chi connectivity index (χ3v) is 3.56. The van der Waals surface area contributed by atoms with Crippen molar-refractivity contribution in [3.8, 4) is 0 Å². The zero-order chi connectivity index (χ0) is 20.8. The molecule has 0 bridgehead atoms. The Labute approximate surface area is 169 Å². The molecular formula is C21H36N4O3. The van der Waals surface area contributed by atoms with Crippen molar-refractivity contribution in [3.05, 3.63) is 35.4 Å². The van der Waals surface area contributed by atoms with Gasteiger partial charge < -0.3 is 25.4 Å². The number of ether oxygens (including phenoxy) is 2. The summed E-state index contributed by atoms with van der Waals surface area (Å²) in [6, 6.07) is 8.18. The Morgan fingerprint density at radius 3 is 2.36 bits per heavy atom. The number of nitrogens with zero attached hydrogens (tertiary/aromatic N) is 1. The van der Waals surface area contributed by atoms with Crippen molar-refractivity contribution in [2.24, 2.45) is 4.99 Å². The quantitative estimate of drug-likeness (QED) is 0.324. The zero-order valence-corrected chi connectivity index (χ0v) is 17.9. The van der Waals surface area contributed by atoms with Gasteiger partial charge in [0.15, 0.2) is 5.96 Å². The van der Waals surface area contributed by atoms with E-state index in [1.54, 1.807) is 0 Å². The van der Waals surface area contributed by atoms with E-state index < -0.39 is 11.7 Å². The summed E-state index contributed by atoms with van der Waals surface area (Å²) in [6.07, 6.45) is 0.587. The Kier molecular flexibility index (Phi) is 11.0. The number of guanidine groups is 1. The van der Waals surface area contributed by atoms with Gasteiger partial charge in [-0.05, 0) is 45.2 Å². The molecule has 1 aromatic rings. The van der Waals surface area contributed by atoms with Crippen molar-refractivity contribution in [3.63, 3.8) is 0 Å². The average Bonchev–Trinajstić information content (AvgIpc) is 2.63. The van der Waals surface area contributed by atoms with Crippen LogP contribution in [-0.4, -0.2) is 43.9 Å². The monoisotopic (exact) mass is 392 g/mol. The highest BCUT2D eigenvalue weighted by atomic mass is 16.6. The van der Waals surface area contributed by atoms with E-state index in [1.165, 1.54) is 0 Å². The molecule has 0 aliphatic heterocycles. The molecule has 1 aromatic carbocycles. The lowest BCUT2D eigenvalue weighted by Crippen LogP contribution is -2.42. The number of amides is 1. The molecule has 1 rings (SSSR count). The normalized spacial score (nSPS) is 11.8. The average molecular weight is 393 g/mol. The van der Waals surface area contributed by atoms with Gasteiger partial charge in [0, 0.05) is 26.2 Å². The summed E-state index contributed by atoms with van der Waals surface area (Å²) in [5, 5.41) is 9.16. The van der Waals surface area contributed by atoms with Gasteiger partial charge in [-0.15, -0.1) is 0 Å². The molecule has 0 aromatic heterocycles. The molecule has 0 heterocycles. The Balaban J connectivity index is 2.53. The number of aliphatic imine (C=N–C) groups is 1.